The molecule has 0 aliphatic heterocycles. The Morgan fingerprint density at radius 3 is 2.88 bits per heavy atom. The Hall–Kier alpha value is -2.40. The van der Waals surface area contributed by atoms with E-state index in [0.717, 1.165) is 36.3 Å². The highest BCUT2D eigenvalue weighted by molar-refractivity contribution is 5.77. The monoisotopic (exact) mass is 322 g/mol. The van der Waals surface area contributed by atoms with Gasteiger partial charge in [0, 0.05) is 23.4 Å². The summed E-state index contributed by atoms with van der Waals surface area (Å²) in [5.41, 5.74) is 4.71. The van der Waals surface area contributed by atoms with Gasteiger partial charge in [-0.05, 0) is 46.0 Å². The maximum atomic E-state index is 12.4. The van der Waals surface area contributed by atoms with Gasteiger partial charge in [-0.1, -0.05) is 24.3 Å². The summed E-state index contributed by atoms with van der Waals surface area (Å²) in [6.45, 7) is 3.33. The van der Waals surface area contributed by atoms with E-state index in [-0.39, 0.29) is 11.0 Å². The van der Waals surface area contributed by atoms with Crippen molar-refractivity contribution in [1.82, 2.24) is 19.3 Å². The lowest BCUT2D eigenvalue weighted by molar-refractivity contribution is 0.368. The van der Waals surface area contributed by atoms with Gasteiger partial charge in [-0.15, -0.1) is 0 Å². The zero-order valence-corrected chi connectivity index (χ0v) is 14.3. The molecule has 3 aromatic rings. The highest BCUT2D eigenvalue weighted by Gasteiger charge is 2.41. The smallest absolute Gasteiger partial charge is 0.292 e. The first-order chi connectivity index (χ1) is 11.5. The summed E-state index contributed by atoms with van der Waals surface area (Å²) < 4.78 is 1.98. The number of hydrogen-bond donors (Lipinski definition) is 1. The molecule has 0 bridgehead atoms. The number of aromatic amines is 1. The number of H-pyrrole nitrogens is 1. The third-order valence-electron chi connectivity index (χ3n) is 5.16. The lowest BCUT2D eigenvalue weighted by atomic mass is 9.78. The standard InChI is InChI=1S/C19H22N4O/c1-19(9-6-11-22(2)3)14-8-5-4-7-13(14)15-16(19)23-12-10-20-17(23)18(24)21-15/h4-5,7-8,10,12H,6,9,11H2,1-3H3,(H,21,24). The summed E-state index contributed by atoms with van der Waals surface area (Å²) in [5.74, 6) is 0. The Balaban J connectivity index is 1.95. The molecule has 5 heteroatoms. The van der Waals surface area contributed by atoms with E-state index in [1.54, 1.807) is 6.20 Å². The van der Waals surface area contributed by atoms with E-state index in [4.69, 9.17) is 0 Å². The molecular formula is C19H22N4O. The maximum Gasteiger partial charge on any atom is 0.292 e. The molecule has 24 heavy (non-hydrogen) atoms. The second-order valence-electron chi connectivity index (χ2n) is 7.08. The molecule has 2 aromatic heterocycles. The van der Waals surface area contributed by atoms with E-state index in [2.05, 4.69) is 54.1 Å². The van der Waals surface area contributed by atoms with Crippen molar-refractivity contribution < 1.29 is 0 Å². The van der Waals surface area contributed by atoms with Crippen LogP contribution in [0, 0.1) is 0 Å². The second-order valence-corrected chi connectivity index (χ2v) is 7.08. The van der Waals surface area contributed by atoms with Crippen LogP contribution in [0.5, 0.6) is 0 Å². The van der Waals surface area contributed by atoms with Crippen LogP contribution >= 0.6 is 0 Å². The molecule has 4 rings (SSSR count). The molecule has 1 N–H and O–H groups in total. The minimum absolute atomic E-state index is 0.133. The predicted molar refractivity (Wildman–Crippen MR) is 95.5 cm³/mol. The van der Waals surface area contributed by atoms with Crippen LogP contribution in [-0.2, 0) is 5.41 Å². The molecular weight excluding hydrogens is 300 g/mol. The van der Waals surface area contributed by atoms with E-state index < -0.39 is 0 Å². The van der Waals surface area contributed by atoms with Crippen molar-refractivity contribution >= 4 is 5.65 Å². The first-order valence-electron chi connectivity index (χ1n) is 8.37. The Labute approximate surface area is 141 Å². The fourth-order valence-electron chi connectivity index (χ4n) is 4.05. The molecule has 0 amide bonds. The topological polar surface area (TPSA) is 53.4 Å². The molecule has 0 fully saturated rings. The van der Waals surface area contributed by atoms with E-state index in [0.29, 0.717) is 5.65 Å². The van der Waals surface area contributed by atoms with Gasteiger partial charge in [-0.25, -0.2) is 4.98 Å². The Morgan fingerprint density at radius 1 is 1.29 bits per heavy atom. The van der Waals surface area contributed by atoms with E-state index in [1.807, 2.05) is 16.7 Å². The Kier molecular flexibility index (Phi) is 3.35. The zero-order chi connectivity index (χ0) is 16.9. The number of nitrogens with zero attached hydrogens (tertiary/aromatic N) is 3. The third-order valence-corrected chi connectivity index (χ3v) is 5.16. The number of aromatic nitrogens is 3. The van der Waals surface area contributed by atoms with Gasteiger partial charge in [0.25, 0.3) is 5.56 Å². The van der Waals surface area contributed by atoms with Crippen LogP contribution in [-0.4, -0.2) is 39.9 Å². The molecule has 124 valence electrons. The summed E-state index contributed by atoms with van der Waals surface area (Å²) >= 11 is 0. The van der Waals surface area contributed by atoms with Gasteiger partial charge in [0.05, 0.1) is 11.4 Å². The van der Waals surface area contributed by atoms with Crippen LogP contribution in [0.15, 0.2) is 41.5 Å². The van der Waals surface area contributed by atoms with Gasteiger partial charge in [0.15, 0.2) is 0 Å². The van der Waals surface area contributed by atoms with Gasteiger partial charge in [-0.2, -0.15) is 0 Å². The van der Waals surface area contributed by atoms with Gasteiger partial charge in [0.2, 0.25) is 5.65 Å². The van der Waals surface area contributed by atoms with Crippen molar-refractivity contribution in [3.05, 3.63) is 58.3 Å². The molecule has 0 saturated heterocycles. The summed E-state index contributed by atoms with van der Waals surface area (Å²) in [5, 5.41) is 0. The molecule has 5 nitrogen and oxygen atoms in total. The third kappa shape index (κ3) is 2.04. The number of imidazole rings is 1. The minimum atomic E-state index is -0.134. The van der Waals surface area contributed by atoms with Crippen LogP contribution in [0.1, 0.15) is 31.0 Å². The average Bonchev–Trinajstić information content (AvgIpc) is 3.11. The highest BCUT2D eigenvalue weighted by atomic mass is 16.1. The lowest BCUT2D eigenvalue weighted by Gasteiger charge is -2.28. The SMILES string of the molecule is CN(C)CCCC1(C)c2ccccc2-c2[nH]c(=O)c3nccn3c21. The normalized spacial score (nSPS) is 19.0. The van der Waals surface area contributed by atoms with E-state index in [9.17, 15) is 4.79 Å². The van der Waals surface area contributed by atoms with Crippen LogP contribution in [0.25, 0.3) is 16.9 Å². The molecule has 1 unspecified atom stereocenters. The lowest BCUT2D eigenvalue weighted by Crippen LogP contribution is -2.27. The molecule has 1 aromatic carbocycles. The van der Waals surface area contributed by atoms with E-state index >= 15 is 0 Å². The first-order valence-corrected chi connectivity index (χ1v) is 8.37. The van der Waals surface area contributed by atoms with Crippen LogP contribution in [0.4, 0.5) is 0 Å². The van der Waals surface area contributed by atoms with Gasteiger partial charge in [-0.3, -0.25) is 9.20 Å². The zero-order valence-electron chi connectivity index (χ0n) is 14.3. The van der Waals surface area contributed by atoms with Crippen molar-refractivity contribution in [2.75, 3.05) is 20.6 Å². The highest BCUT2D eigenvalue weighted by Crippen LogP contribution is 2.49. The quantitative estimate of drug-likeness (QED) is 0.803. The summed E-state index contributed by atoms with van der Waals surface area (Å²) in [6.07, 6.45) is 5.72. The Morgan fingerprint density at radius 2 is 2.08 bits per heavy atom. The van der Waals surface area contributed by atoms with Crippen molar-refractivity contribution in [3.63, 3.8) is 0 Å². The first kappa shape index (κ1) is 15.1. The summed E-state index contributed by atoms with van der Waals surface area (Å²) in [4.78, 5) is 21.9. The number of fused-ring (bicyclic) bond motifs is 5. The van der Waals surface area contributed by atoms with Crippen molar-refractivity contribution in [2.45, 2.75) is 25.2 Å². The number of benzene rings is 1. The van der Waals surface area contributed by atoms with Crippen LogP contribution < -0.4 is 5.56 Å². The molecule has 0 radical (unpaired) electrons. The van der Waals surface area contributed by atoms with Crippen LogP contribution in [0.2, 0.25) is 0 Å². The van der Waals surface area contributed by atoms with E-state index in [1.165, 1.54) is 5.56 Å². The van der Waals surface area contributed by atoms with Crippen molar-refractivity contribution in [3.8, 4) is 11.3 Å². The van der Waals surface area contributed by atoms with Gasteiger partial charge < -0.3 is 9.88 Å². The van der Waals surface area contributed by atoms with Crippen molar-refractivity contribution in [1.29, 1.82) is 0 Å². The fraction of sp³-hybridized carbons (Fsp3) is 0.368. The molecule has 1 aliphatic carbocycles. The predicted octanol–water partition coefficient (Wildman–Crippen LogP) is 2.65. The minimum Gasteiger partial charge on any atom is -0.317 e. The average molecular weight is 322 g/mol. The molecule has 2 heterocycles. The Bertz CT molecular complexity index is 969. The molecule has 0 spiro atoms. The maximum absolute atomic E-state index is 12.4. The van der Waals surface area contributed by atoms with Crippen LogP contribution in [0.3, 0.4) is 0 Å². The molecule has 1 aliphatic rings. The number of rotatable bonds is 4. The van der Waals surface area contributed by atoms with Gasteiger partial charge >= 0.3 is 0 Å². The number of hydrogen-bond acceptors (Lipinski definition) is 3. The van der Waals surface area contributed by atoms with Gasteiger partial charge in [0.1, 0.15) is 0 Å². The van der Waals surface area contributed by atoms with Crippen molar-refractivity contribution in [2.24, 2.45) is 0 Å². The summed E-state index contributed by atoms with van der Waals surface area (Å²) in [7, 11) is 4.20. The fourth-order valence-corrected chi connectivity index (χ4v) is 4.05. The number of nitrogens with one attached hydrogen (secondary N) is 1. The second kappa shape index (κ2) is 5.31. The largest absolute Gasteiger partial charge is 0.317 e. The summed E-state index contributed by atoms with van der Waals surface area (Å²) in [6, 6.07) is 8.40. The molecule has 1 atom stereocenters. The molecule has 0 saturated carbocycles.